The van der Waals surface area contributed by atoms with Gasteiger partial charge in [0.1, 0.15) is 0 Å². The van der Waals surface area contributed by atoms with Crippen molar-refractivity contribution >= 4 is 40.7 Å². The second-order valence-corrected chi connectivity index (χ2v) is 9.12. The zero-order valence-corrected chi connectivity index (χ0v) is 19.7. The minimum atomic E-state index is -0.411. The fraction of sp³-hybridized carbons (Fsp3) is 0.172. The van der Waals surface area contributed by atoms with E-state index in [1.807, 2.05) is 31.2 Å². The Kier molecular flexibility index (Phi) is 6.21. The Balaban J connectivity index is 1.31. The molecule has 180 valence electrons. The molecule has 2 aliphatic rings. The summed E-state index contributed by atoms with van der Waals surface area (Å²) >= 11 is 0. The number of carbonyl (C=O) groups excluding carboxylic acids is 4. The van der Waals surface area contributed by atoms with Gasteiger partial charge >= 0.3 is 0 Å². The molecule has 0 bridgehead atoms. The summed E-state index contributed by atoms with van der Waals surface area (Å²) in [6, 6.07) is 22.2. The van der Waals surface area contributed by atoms with Gasteiger partial charge in [0.2, 0.25) is 11.8 Å². The maximum absolute atomic E-state index is 13.0. The quantitative estimate of drug-likeness (QED) is 0.396. The van der Waals surface area contributed by atoms with Gasteiger partial charge in [-0.3, -0.25) is 24.1 Å². The maximum Gasteiger partial charge on any atom is 0.255 e. The maximum atomic E-state index is 13.0. The number of hydrogen-bond donors (Lipinski definition) is 2. The molecule has 7 nitrogen and oxygen atoms in total. The molecule has 0 radical (unpaired) electrons. The Morgan fingerprint density at radius 1 is 0.750 bits per heavy atom. The van der Waals surface area contributed by atoms with E-state index in [1.54, 1.807) is 60.7 Å². The van der Waals surface area contributed by atoms with Crippen molar-refractivity contribution in [2.75, 3.05) is 15.5 Å². The number of anilines is 3. The molecule has 2 atom stereocenters. The molecule has 1 aliphatic carbocycles. The first kappa shape index (κ1) is 23.2. The molecule has 0 saturated carbocycles. The smallest absolute Gasteiger partial charge is 0.255 e. The number of rotatable bonds is 5. The number of carbonyl (C=O) groups is 4. The number of hydrogen-bond acceptors (Lipinski definition) is 4. The van der Waals surface area contributed by atoms with Crippen molar-refractivity contribution < 1.29 is 19.2 Å². The lowest BCUT2D eigenvalue weighted by molar-refractivity contribution is -0.122. The molecule has 1 heterocycles. The molecule has 3 aromatic carbocycles. The Labute approximate surface area is 208 Å². The molecule has 5 rings (SSSR count). The topological polar surface area (TPSA) is 95.6 Å². The molecule has 2 N–H and O–H groups in total. The van der Waals surface area contributed by atoms with Crippen molar-refractivity contribution in [3.05, 3.63) is 102 Å². The summed E-state index contributed by atoms with van der Waals surface area (Å²) in [5.41, 5.74) is 3.33. The third-order valence-corrected chi connectivity index (χ3v) is 6.60. The van der Waals surface area contributed by atoms with E-state index in [1.165, 1.54) is 4.90 Å². The molecular formula is C29H25N3O4. The van der Waals surface area contributed by atoms with Crippen LogP contribution in [0.5, 0.6) is 0 Å². The standard InChI is InChI=1S/C29H25N3O4/c1-18-13-14-24-25(15-18)29(36)32(28(24)35)23-12-6-8-20(17-23)27(34)31-22-11-5-7-19(16-22)26(33)30-21-9-3-2-4-10-21/h2-13,16-17,24-25H,14-15H2,1H3,(H,30,33)(H,31,34)/t24-,25+/m0/s1. The highest BCUT2D eigenvalue weighted by Crippen LogP contribution is 2.39. The number of para-hydroxylation sites is 1. The summed E-state index contributed by atoms with van der Waals surface area (Å²) in [7, 11) is 0. The first-order valence-electron chi connectivity index (χ1n) is 11.8. The van der Waals surface area contributed by atoms with Crippen molar-refractivity contribution in [3.63, 3.8) is 0 Å². The molecular weight excluding hydrogens is 454 g/mol. The predicted octanol–water partition coefficient (Wildman–Crippen LogP) is 5.04. The Morgan fingerprint density at radius 2 is 1.36 bits per heavy atom. The van der Waals surface area contributed by atoms with E-state index in [0.717, 1.165) is 5.57 Å². The molecule has 0 aromatic heterocycles. The summed E-state index contributed by atoms with van der Waals surface area (Å²) in [5.74, 6) is -1.83. The van der Waals surface area contributed by atoms with Crippen molar-refractivity contribution in [3.8, 4) is 0 Å². The van der Waals surface area contributed by atoms with Crippen LogP contribution >= 0.6 is 0 Å². The molecule has 0 spiro atoms. The third-order valence-electron chi connectivity index (χ3n) is 6.60. The summed E-state index contributed by atoms with van der Waals surface area (Å²) in [4.78, 5) is 52.9. The van der Waals surface area contributed by atoms with Crippen molar-refractivity contribution in [2.24, 2.45) is 11.8 Å². The van der Waals surface area contributed by atoms with Crippen LogP contribution in [0.2, 0.25) is 0 Å². The van der Waals surface area contributed by atoms with E-state index in [2.05, 4.69) is 10.6 Å². The van der Waals surface area contributed by atoms with Gasteiger partial charge in [-0.2, -0.15) is 0 Å². The average Bonchev–Trinajstić information content (AvgIpc) is 3.13. The molecule has 0 unspecified atom stereocenters. The van der Waals surface area contributed by atoms with Crippen molar-refractivity contribution in [1.82, 2.24) is 0 Å². The largest absolute Gasteiger partial charge is 0.322 e. The number of nitrogens with one attached hydrogen (secondary N) is 2. The molecule has 1 saturated heterocycles. The van der Waals surface area contributed by atoms with Gasteiger partial charge in [0.15, 0.2) is 0 Å². The zero-order valence-electron chi connectivity index (χ0n) is 19.7. The van der Waals surface area contributed by atoms with Gasteiger partial charge in [-0.05, 0) is 68.3 Å². The predicted molar refractivity (Wildman–Crippen MR) is 138 cm³/mol. The summed E-state index contributed by atoms with van der Waals surface area (Å²) in [5, 5.41) is 5.61. The van der Waals surface area contributed by atoms with Crippen LogP contribution < -0.4 is 15.5 Å². The molecule has 1 aliphatic heterocycles. The summed E-state index contributed by atoms with van der Waals surface area (Å²) in [6.07, 6.45) is 3.17. The normalized spacial score (nSPS) is 18.9. The van der Waals surface area contributed by atoms with Gasteiger partial charge in [0, 0.05) is 22.5 Å². The Bertz CT molecular complexity index is 1400. The number of amides is 4. The number of benzene rings is 3. The van der Waals surface area contributed by atoms with E-state index in [-0.39, 0.29) is 29.6 Å². The molecule has 4 amide bonds. The van der Waals surface area contributed by atoms with Gasteiger partial charge in [-0.25, -0.2) is 0 Å². The highest BCUT2D eigenvalue weighted by molar-refractivity contribution is 6.22. The second kappa shape index (κ2) is 9.62. The first-order valence-corrected chi connectivity index (χ1v) is 11.8. The lowest BCUT2D eigenvalue weighted by Crippen LogP contribution is -2.31. The fourth-order valence-corrected chi connectivity index (χ4v) is 4.74. The number of imide groups is 1. The second-order valence-electron chi connectivity index (χ2n) is 9.12. The Morgan fingerprint density at radius 3 is 2.11 bits per heavy atom. The van der Waals surface area contributed by atoms with Crippen molar-refractivity contribution in [2.45, 2.75) is 19.8 Å². The monoisotopic (exact) mass is 479 g/mol. The number of allylic oxidation sites excluding steroid dienone is 2. The van der Waals surface area contributed by atoms with Crippen LogP contribution in [0.3, 0.4) is 0 Å². The fourth-order valence-electron chi connectivity index (χ4n) is 4.74. The van der Waals surface area contributed by atoms with Crippen LogP contribution in [-0.2, 0) is 9.59 Å². The van der Waals surface area contributed by atoms with E-state index in [0.29, 0.717) is 41.0 Å². The highest BCUT2D eigenvalue weighted by Gasteiger charge is 2.48. The van der Waals surface area contributed by atoms with Gasteiger partial charge in [0.05, 0.1) is 17.5 Å². The first-order chi connectivity index (χ1) is 17.4. The molecule has 1 fully saturated rings. The van der Waals surface area contributed by atoms with Gasteiger partial charge in [-0.1, -0.05) is 42.0 Å². The van der Waals surface area contributed by atoms with Crippen LogP contribution in [0.1, 0.15) is 40.5 Å². The van der Waals surface area contributed by atoms with Gasteiger partial charge in [-0.15, -0.1) is 0 Å². The number of fused-ring (bicyclic) bond motifs is 1. The minimum absolute atomic E-state index is 0.216. The van der Waals surface area contributed by atoms with E-state index >= 15 is 0 Å². The van der Waals surface area contributed by atoms with Gasteiger partial charge < -0.3 is 10.6 Å². The summed E-state index contributed by atoms with van der Waals surface area (Å²) in [6.45, 7) is 1.97. The van der Waals surface area contributed by atoms with E-state index in [4.69, 9.17) is 0 Å². The zero-order chi connectivity index (χ0) is 25.2. The van der Waals surface area contributed by atoms with Gasteiger partial charge in [0.25, 0.3) is 11.8 Å². The third kappa shape index (κ3) is 4.55. The minimum Gasteiger partial charge on any atom is -0.322 e. The Hall–Kier alpha value is -4.52. The van der Waals surface area contributed by atoms with Crippen LogP contribution in [0, 0.1) is 11.8 Å². The van der Waals surface area contributed by atoms with Crippen molar-refractivity contribution in [1.29, 1.82) is 0 Å². The average molecular weight is 480 g/mol. The van der Waals surface area contributed by atoms with E-state index in [9.17, 15) is 19.2 Å². The van der Waals surface area contributed by atoms with E-state index < -0.39 is 5.91 Å². The lowest BCUT2D eigenvalue weighted by atomic mass is 9.82. The van der Waals surface area contributed by atoms with Crippen LogP contribution in [0.15, 0.2) is 90.5 Å². The van der Waals surface area contributed by atoms with Crippen LogP contribution in [0.25, 0.3) is 0 Å². The van der Waals surface area contributed by atoms with Crippen LogP contribution in [0.4, 0.5) is 17.1 Å². The molecule has 3 aromatic rings. The molecule has 7 heteroatoms. The highest BCUT2D eigenvalue weighted by atomic mass is 16.2. The molecule has 36 heavy (non-hydrogen) atoms. The summed E-state index contributed by atoms with van der Waals surface area (Å²) < 4.78 is 0. The lowest BCUT2D eigenvalue weighted by Gasteiger charge is -2.18. The number of nitrogens with zero attached hydrogens (tertiary/aromatic N) is 1. The van der Waals surface area contributed by atoms with Crippen LogP contribution in [-0.4, -0.2) is 23.6 Å². The SMILES string of the molecule is CC1=CC[C@@H]2C(=O)N(c3cccc(C(=O)Nc4cccc(C(=O)Nc5ccccc5)c4)c3)C(=O)[C@@H]2C1.